The quantitative estimate of drug-likeness (QED) is 0.419. The molecule has 4 aliphatic rings. The smallest absolute Gasteiger partial charge is 0.310 e. The first kappa shape index (κ1) is 13.3. The van der Waals surface area contributed by atoms with E-state index in [1.165, 1.54) is 16.7 Å². The maximum absolute atomic E-state index is 11.9. The number of nitrogens with zero attached hydrogens (tertiary/aromatic N) is 1. The Kier molecular flexibility index (Phi) is 2.72. The van der Waals surface area contributed by atoms with Crippen LogP contribution in [0.1, 0.15) is 19.3 Å². The molecule has 112 valence electrons. The molecule has 21 heavy (non-hydrogen) atoms. The maximum Gasteiger partial charge on any atom is 0.310 e. The van der Waals surface area contributed by atoms with Crippen molar-refractivity contribution in [3.8, 4) is 0 Å². The van der Waals surface area contributed by atoms with Gasteiger partial charge in [0.25, 0.3) is 0 Å². The molecule has 3 unspecified atom stereocenters. The third-order valence-corrected chi connectivity index (χ3v) is 5.96. The lowest BCUT2D eigenvalue weighted by atomic mass is 9.68. The summed E-state index contributed by atoms with van der Waals surface area (Å²) in [6, 6.07) is 0. The predicted molar refractivity (Wildman–Crippen MR) is 78.5 cm³/mol. The fourth-order valence-electron chi connectivity index (χ4n) is 4.74. The van der Waals surface area contributed by atoms with Crippen LogP contribution in [-0.4, -0.2) is 55.9 Å². The van der Waals surface area contributed by atoms with Crippen LogP contribution in [0.5, 0.6) is 0 Å². The molecule has 4 heteroatoms. The number of esters is 1. The van der Waals surface area contributed by atoms with E-state index >= 15 is 0 Å². The van der Waals surface area contributed by atoms with Gasteiger partial charge in [-0.15, -0.1) is 0 Å². The summed E-state index contributed by atoms with van der Waals surface area (Å²) in [5.74, 6) is -0.0775. The molecule has 0 saturated heterocycles. The number of carbonyl (C=O) groups excluding carboxylic acids is 1. The van der Waals surface area contributed by atoms with E-state index in [1.807, 2.05) is 0 Å². The average Bonchev–Trinajstić information content (AvgIpc) is 2.81. The van der Waals surface area contributed by atoms with Crippen LogP contribution in [0.2, 0.25) is 0 Å². The lowest BCUT2D eigenvalue weighted by molar-refractivity contribution is -0.939. The van der Waals surface area contributed by atoms with Crippen molar-refractivity contribution in [2.75, 3.05) is 33.9 Å². The molecule has 0 aromatic heterocycles. The van der Waals surface area contributed by atoms with Gasteiger partial charge in [0.15, 0.2) is 5.54 Å². The van der Waals surface area contributed by atoms with E-state index < -0.39 is 0 Å². The highest BCUT2D eigenvalue weighted by molar-refractivity contribution is 5.76. The minimum atomic E-state index is -0.0775. The molecule has 0 radical (unpaired) electrons. The summed E-state index contributed by atoms with van der Waals surface area (Å²) in [7, 11) is 4.10. The average molecular weight is 288 g/mol. The number of ether oxygens (including phenoxy) is 2. The number of methoxy groups -OCH3 is 1. The van der Waals surface area contributed by atoms with Gasteiger partial charge in [0.05, 0.1) is 32.7 Å². The van der Waals surface area contributed by atoms with Crippen LogP contribution < -0.4 is 0 Å². The summed E-state index contributed by atoms with van der Waals surface area (Å²) in [6.45, 7) is 2.65. The molecule has 0 bridgehead atoms. The molecule has 0 aromatic carbocycles. The molecular formula is C17H22NO3+. The highest BCUT2D eigenvalue weighted by atomic mass is 16.5. The molecule has 4 rings (SSSR count). The Labute approximate surface area is 125 Å². The Morgan fingerprint density at radius 2 is 2.33 bits per heavy atom. The van der Waals surface area contributed by atoms with Gasteiger partial charge in [-0.1, -0.05) is 12.2 Å². The van der Waals surface area contributed by atoms with Gasteiger partial charge in [-0.05, 0) is 11.6 Å². The highest BCUT2D eigenvalue weighted by Crippen LogP contribution is 2.53. The van der Waals surface area contributed by atoms with Crippen LogP contribution in [0.3, 0.4) is 0 Å². The summed E-state index contributed by atoms with van der Waals surface area (Å²) in [5, 5.41) is 0. The minimum Gasteiger partial charge on any atom is -0.461 e. The summed E-state index contributed by atoms with van der Waals surface area (Å²) >= 11 is 0. The van der Waals surface area contributed by atoms with E-state index in [0.717, 1.165) is 30.4 Å². The normalized spacial score (nSPS) is 41.1. The Bertz CT molecular complexity index is 603. The first-order valence-corrected chi connectivity index (χ1v) is 7.72. The Hall–Kier alpha value is -1.39. The number of rotatable bonds is 1. The highest BCUT2D eigenvalue weighted by Gasteiger charge is 2.61. The first-order chi connectivity index (χ1) is 10.1. The number of cyclic esters (lactones) is 1. The molecule has 3 atom stereocenters. The lowest BCUT2D eigenvalue weighted by Crippen LogP contribution is -2.65. The molecule has 3 aliphatic heterocycles. The fraction of sp³-hybridized carbons (Fsp3) is 0.588. The van der Waals surface area contributed by atoms with Gasteiger partial charge in [-0.3, -0.25) is 4.79 Å². The predicted octanol–water partition coefficient (Wildman–Crippen LogP) is 1.73. The van der Waals surface area contributed by atoms with E-state index in [4.69, 9.17) is 9.47 Å². The van der Waals surface area contributed by atoms with Gasteiger partial charge < -0.3 is 14.0 Å². The second-order valence-corrected chi connectivity index (χ2v) is 6.83. The zero-order valence-electron chi connectivity index (χ0n) is 12.7. The third kappa shape index (κ3) is 1.60. The van der Waals surface area contributed by atoms with Crippen molar-refractivity contribution in [3.05, 3.63) is 34.9 Å². The molecule has 3 heterocycles. The SMILES string of the molecule is COC1C=CC2=CC[N+]3(C)CCC4=C(CC(=O)OC4)C23C1. The second-order valence-electron chi connectivity index (χ2n) is 6.83. The minimum absolute atomic E-state index is 0.0670. The summed E-state index contributed by atoms with van der Waals surface area (Å²) in [4.78, 5) is 11.9. The van der Waals surface area contributed by atoms with Crippen molar-refractivity contribution in [2.45, 2.75) is 30.9 Å². The van der Waals surface area contributed by atoms with Gasteiger partial charge >= 0.3 is 5.97 Å². The molecule has 0 fully saturated rings. The molecule has 0 saturated carbocycles. The van der Waals surface area contributed by atoms with Gasteiger partial charge in [0.1, 0.15) is 6.61 Å². The van der Waals surface area contributed by atoms with Crippen molar-refractivity contribution in [3.63, 3.8) is 0 Å². The van der Waals surface area contributed by atoms with Crippen molar-refractivity contribution in [2.24, 2.45) is 0 Å². The summed E-state index contributed by atoms with van der Waals surface area (Å²) < 4.78 is 11.9. The molecular weight excluding hydrogens is 266 g/mol. The van der Waals surface area contributed by atoms with Crippen LogP contribution in [0, 0.1) is 0 Å². The van der Waals surface area contributed by atoms with E-state index in [1.54, 1.807) is 7.11 Å². The van der Waals surface area contributed by atoms with Crippen molar-refractivity contribution < 1.29 is 18.8 Å². The van der Waals surface area contributed by atoms with Gasteiger partial charge in [0, 0.05) is 31.1 Å². The number of hydrogen-bond donors (Lipinski definition) is 0. The molecule has 0 amide bonds. The zero-order valence-corrected chi connectivity index (χ0v) is 12.7. The Morgan fingerprint density at radius 1 is 1.48 bits per heavy atom. The van der Waals surface area contributed by atoms with Crippen LogP contribution >= 0.6 is 0 Å². The fourth-order valence-corrected chi connectivity index (χ4v) is 4.74. The van der Waals surface area contributed by atoms with Crippen LogP contribution in [-0.2, 0) is 14.3 Å². The monoisotopic (exact) mass is 288 g/mol. The molecule has 4 nitrogen and oxygen atoms in total. The number of quaternary nitrogens is 1. The number of hydrogen-bond acceptors (Lipinski definition) is 3. The second kappa shape index (κ2) is 4.31. The van der Waals surface area contributed by atoms with E-state index in [-0.39, 0.29) is 17.6 Å². The Balaban J connectivity index is 1.90. The van der Waals surface area contributed by atoms with E-state index in [0.29, 0.717) is 13.0 Å². The van der Waals surface area contributed by atoms with Gasteiger partial charge in [0.2, 0.25) is 0 Å². The summed E-state index contributed by atoms with van der Waals surface area (Å²) in [6.07, 6.45) is 9.29. The molecule has 0 N–H and O–H groups in total. The third-order valence-electron chi connectivity index (χ3n) is 5.96. The van der Waals surface area contributed by atoms with Crippen molar-refractivity contribution in [1.82, 2.24) is 0 Å². The largest absolute Gasteiger partial charge is 0.461 e. The van der Waals surface area contributed by atoms with Gasteiger partial charge in [-0.2, -0.15) is 0 Å². The molecule has 1 aliphatic carbocycles. The number of likely N-dealkylation sites (N-methyl/N-ethyl adjacent to an activating group) is 1. The van der Waals surface area contributed by atoms with Crippen LogP contribution in [0.4, 0.5) is 0 Å². The van der Waals surface area contributed by atoms with E-state index in [9.17, 15) is 4.79 Å². The van der Waals surface area contributed by atoms with Crippen molar-refractivity contribution >= 4 is 5.97 Å². The van der Waals surface area contributed by atoms with Crippen molar-refractivity contribution in [1.29, 1.82) is 0 Å². The van der Waals surface area contributed by atoms with E-state index in [2.05, 4.69) is 25.3 Å². The standard InChI is InChI=1S/C17H22NO3/c1-18-7-5-12-11-21-16(19)9-15(12)17(18)10-14(20-2)4-3-13(17)6-8-18/h3-4,6,14H,5,7-11H2,1-2H3/q+1. The van der Waals surface area contributed by atoms with Crippen LogP contribution in [0.15, 0.2) is 34.9 Å². The lowest BCUT2D eigenvalue weighted by Gasteiger charge is -2.54. The topological polar surface area (TPSA) is 35.5 Å². The number of carbonyl (C=O) groups is 1. The molecule has 0 aromatic rings. The van der Waals surface area contributed by atoms with Crippen LogP contribution in [0.25, 0.3) is 0 Å². The Morgan fingerprint density at radius 3 is 3.14 bits per heavy atom. The maximum atomic E-state index is 11.9. The summed E-state index contributed by atoms with van der Waals surface area (Å²) in [5.41, 5.74) is 3.98. The molecule has 1 spiro atoms. The zero-order chi connectivity index (χ0) is 14.7. The van der Waals surface area contributed by atoms with Gasteiger partial charge in [-0.25, -0.2) is 0 Å². The first-order valence-electron chi connectivity index (χ1n) is 7.72.